The predicted octanol–water partition coefficient (Wildman–Crippen LogP) is 2.99. The van der Waals surface area contributed by atoms with Gasteiger partial charge in [0.25, 0.3) is 0 Å². The minimum Gasteiger partial charge on any atom is -0.487 e. The standard InChI is InChI=1S/C15H17FN2O2/c1-10(19)14-5-2-11(16)6-15(14)20-8-13-7-17-9-18(13)12-3-4-12/h2,5-7,9-10,12,19H,3-4,8H2,1H3/t10-/m0/s1. The molecule has 4 nitrogen and oxygen atoms in total. The van der Waals surface area contributed by atoms with Crippen molar-refractivity contribution in [2.75, 3.05) is 0 Å². The number of imidazole rings is 1. The van der Waals surface area contributed by atoms with Gasteiger partial charge in [-0.15, -0.1) is 0 Å². The van der Waals surface area contributed by atoms with Gasteiger partial charge in [-0.1, -0.05) is 0 Å². The van der Waals surface area contributed by atoms with Crippen LogP contribution in [-0.4, -0.2) is 14.7 Å². The molecule has 1 fully saturated rings. The fourth-order valence-electron chi connectivity index (χ4n) is 2.26. The van der Waals surface area contributed by atoms with Crippen molar-refractivity contribution in [2.24, 2.45) is 0 Å². The summed E-state index contributed by atoms with van der Waals surface area (Å²) in [5.74, 6) is 0.00338. The first-order valence-corrected chi connectivity index (χ1v) is 6.76. The molecule has 1 atom stereocenters. The lowest BCUT2D eigenvalue weighted by molar-refractivity contribution is 0.189. The lowest BCUT2D eigenvalue weighted by Crippen LogP contribution is -2.06. The van der Waals surface area contributed by atoms with Crippen LogP contribution >= 0.6 is 0 Å². The molecule has 2 aromatic rings. The second-order valence-electron chi connectivity index (χ2n) is 5.17. The molecule has 1 aromatic heterocycles. The summed E-state index contributed by atoms with van der Waals surface area (Å²) >= 11 is 0. The average molecular weight is 276 g/mol. The van der Waals surface area contributed by atoms with E-state index < -0.39 is 6.10 Å². The van der Waals surface area contributed by atoms with Crippen LogP contribution in [0.1, 0.15) is 43.2 Å². The minimum atomic E-state index is -0.695. The van der Waals surface area contributed by atoms with Gasteiger partial charge in [-0.3, -0.25) is 0 Å². The van der Waals surface area contributed by atoms with E-state index in [1.807, 2.05) is 0 Å². The molecule has 20 heavy (non-hydrogen) atoms. The Morgan fingerprint density at radius 1 is 1.50 bits per heavy atom. The highest BCUT2D eigenvalue weighted by Gasteiger charge is 2.25. The summed E-state index contributed by atoms with van der Waals surface area (Å²) in [5, 5.41) is 9.69. The van der Waals surface area contributed by atoms with Crippen molar-refractivity contribution >= 4 is 0 Å². The van der Waals surface area contributed by atoms with Crippen molar-refractivity contribution < 1.29 is 14.2 Å². The Balaban J connectivity index is 1.77. The zero-order valence-electron chi connectivity index (χ0n) is 11.3. The molecule has 1 aliphatic rings. The molecule has 1 aliphatic carbocycles. The normalized spacial score (nSPS) is 16.1. The van der Waals surface area contributed by atoms with E-state index in [-0.39, 0.29) is 5.82 Å². The summed E-state index contributed by atoms with van der Waals surface area (Å²) in [6.45, 7) is 1.95. The number of aromatic nitrogens is 2. The fraction of sp³-hybridized carbons (Fsp3) is 0.400. The molecule has 3 rings (SSSR count). The van der Waals surface area contributed by atoms with Crippen molar-refractivity contribution in [1.82, 2.24) is 9.55 Å². The maximum Gasteiger partial charge on any atom is 0.130 e. The third-order valence-corrected chi connectivity index (χ3v) is 3.49. The topological polar surface area (TPSA) is 47.3 Å². The van der Waals surface area contributed by atoms with E-state index in [1.165, 1.54) is 25.0 Å². The lowest BCUT2D eigenvalue weighted by Gasteiger charge is -2.14. The number of hydrogen-bond acceptors (Lipinski definition) is 3. The van der Waals surface area contributed by atoms with E-state index in [0.29, 0.717) is 24.0 Å². The van der Waals surface area contributed by atoms with Gasteiger partial charge in [0.1, 0.15) is 18.2 Å². The van der Waals surface area contributed by atoms with E-state index in [4.69, 9.17) is 4.74 Å². The Labute approximate surface area is 116 Å². The maximum atomic E-state index is 13.3. The maximum absolute atomic E-state index is 13.3. The van der Waals surface area contributed by atoms with Crippen LogP contribution in [0.3, 0.4) is 0 Å². The van der Waals surface area contributed by atoms with Gasteiger partial charge in [0.05, 0.1) is 24.3 Å². The molecule has 0 saturated heterocycles. The molecule has 5 heteroatoms. The van der Waals surface area contributed by atoms with Gasteiger partial charge >= 0.3 is 0 Å². The molecule has 106 valence electrons. The second kappa shape index (κ2) is 5.25. The molecule has 0 unspecified atom stereocenters. The third-order valence-electron chi connectivity index (χ3n) is 3.49. The van der Waals surface area contributed by atoms with Crippen LogP contribution in [0, 0.1) is 5.82 Å². The van der Waals surface area contributed by atoms with E-state index in [2.05, 4.69) is 9.55 Å². The van der Waals surface area contributed by atoms with Crippen LogP contribution in [0.5, 0.6) is 5.75 Å². The third kappa shape index (κ3) is 2.67. The predicted molar refractivity (Wildman–Crippen MR) is 71.9 cm³/mol. The largest absolute Gasteiger partial charge is 0.487 e. The van der Waals surface area contributed by atoms with Gasteiger partial charge in [-0.05, 0) is 31.9 Å². The fourth-order valence-corrected chi connectivity index (χ4v) is 2.26. The number of hydrogen-bond donors (Lipinski definition) is 1. The second-order valence-corrected chi connectivity index (χ2v) is 5.17. The number of ether oxygens (including phenoxy) is 1. The number of aliphatic hydroxyl groups excluding tert-OH is 1. The Morgan fingerprint density at radius 3 is 3.00 bits per heavy atom. The Morgan fingerprint density at radius 2 is 2.30 bits per heavy atom. The summed E-state index contributed by atoms with van der Waals surface area (Å²) < 4.78 is 21.1. The summed E-state index contributed by atoms with van der Waals surface area (Å²) in [6, 6.07) is 4.70. The highest BCUT2D eigenvalue weighted by atomic mass is 19.1. The lowest BCUT2D eigenvalue weighted by atomic mass is 10.1. The van der Waals surface area contributed by atoms with E-state index in [9.17, 15) is 9.50 Å². The molecule has 0 bridgehead atoms. The zero-order valence-corrected chi connectivity index (χ0v) is 11.3. The molecule has 1 N–H and O–H groups in total. The van der Waals surface area contributed by atoms with E-state index in [0.717, 1.165) is 5.69 Å². The molecule has 1 heterocycles. The molecule has 1 saturated carbocycles. The van der Waals surface area contributed by atoms with Gasteiger partial charge in [0.2, 0.25) is 0 Å². The summed E-state index contributed by atoms with van der Waals surface area (Å²) in [7, 11) is 0. The zero-order chi connectivity index (χ0) is 14.1. The van der Waals surface area contributed by atoms with Crippen molar-refractivity contribution in [1.29, 1.82) is 0 Å². The van der Waals surface area contributed by atoms with Crippen LogP contribution in [0.2, 0.25) is 0 Å². The van der Waals surface area contributed by atoms with Crippen molar-refractivity contribution in [3.05, 3.63) is 47.8 Å². The molecular weight excluding hydrogens is 259 g/mol. The molecule has 0 aliphatic heterocycles. The molecular formula is C15H17FN2O2. The molecule has 0 spiro atoms. The highest BCUT2D eigenvalue weighted by Crippen LogP contribution is 2.36. The molecule has 0 amide bonds. The monoisotopic (exact) mass is 276 g/mol. The molecule has 0 radical (unpaired) electrons. The summed E-state index contributed by atoms with van der Waals surface area (Å²) in [5.41, 5.74) is 1.55. The van der Waals surface area contributed by atoms with Crippen LogP contribution < -0.4 is 4.74 Å². The van der Waals surface area contributed by atoms with E-state index in [1.54, 1.807) is 25.5 Å². The number of aliphatic hydroxyl groups is 1. The first kappa shape index (κ1) is 13.1. The minimum absolute atomic E-state index is 0.319. The summed E-state index contributed by atoms with van der Waals surface area (Å²) in [4.78, 5) is 4.13. The van der Waals surface area contributed by atoms with Gasteiger partial charge < -0.3 is 14.4 Å². The van der Waals surface area contributed by atoms with E-state index >= 15 is 0 Å². The van der Waals surface area contributed by atoms with Gasteiger partial charge in [-0.25, -0.2) is 9.37 Å². The van der Waals surface area contributed by atoms with Crippen LogP contribution in [0.4, 0.5) is 4.39 Å². The SMILES string of the molecule is C[C@H](O)c1ccc(F)cc1OCc1cncn1C1CC1. The first-order valence-electron chi connectivity index (χ1n) is 6.76. The molecule has 1 aromatic carbocycles. The number of rotatable bonds is 5. The number of benzene rings is 1. The van der Waals surface area contributed by atoms with Gasteiger partial charge in [-0.2, -0.15) is 0 Å². The smallest absolute Gasteiger partial charge is 0.130 e. The quantitative estimate of drug-likeness (QED) is 0.913. The number of nitrogens with zero attached hydrogens (tertiary/aromatic N) is 2. The van der Waals surface area contributed by atoms with Gasteiger partial charge in [0.15, 0.2) is 0 Å². The Kier molecular flexibility index (Phi) is 3.44. The van der Waals surface area contributed by atoms with Crippen molar-refractivity contribution in [3.63, 3.8) is 0 Å². The van der Waals surface area contributed by atoms with Crippen LogP contribution in [-0.2, 0) is 6.61 Å². The van der Waals surface area contributed by atoms with Crippen molar-refractivity contribution in [2.45, 2.75) is 38.5 Å². The van der Waals surface area contributed by atoms with Crippen molar-refractivity contribution in [3.8, 4) is 5.75 Å². The Hall–Kier alpha value is -1.88. The Bertz CT molecular complexity index is 606. The number of halogens is 1. The highest BCUT2D eigenvalue weighted by molar-refractivity contribution is 5.35. The average Bonchev–Trinajstić information content (AvgIpc) is 3.15. The van der Waals surface area contributed by atoms with Crippen LogP contribution in [0.25, 0.3) is 0 Å². The first-order chi connectivity index (χ1) is 9.65. The van der Waals surface area contributed by atoms with Crippen LogP contribution in [0.15, 0.2) is 30.7 Å². The summed E-state index contributed by atoms with van der Waals surface area (Å²) in [6.07, 6.45) is 5.21. The van der Waals surface area contributed by atoms with Gasteiger partial charge in [0, 0.05) is 17.7 Å².